The lowest BCUT2D eigenvalue weighted by Crippen LogP contribution is -2.37. The van der Waals surface area contributed by atoms with Gasteiger partial charge in [0.15, 0.2) is 0 Å². The van der Waals surface area contributed by atoms with Crippen molar-refractivity contribution in [2.24, 2.45) is 0 Å². The second-order valence-corrected chi connectivity index (χ2v) is 6.15. The molecule has 1 amide bonds. The molecule has 4 rings (SSSR count). The van der Waals surface area contributed by atoms with E-state index in [-0.39, 0.29) is 11.9 Å². The summed E-state index contributed by atoms with van der Waals surface area (Å²) in [4.78, 5) is 14.4. The molecule has 106 valence electrons. The number of ether oxygens (including phenoxy) is 1. The van der Waals surface area contributed by atoms with E-state index in [4.69, 9.17) is 27.9 Å². The number of halogens is 2. The van der Waals surface area contributed by atoms with Gasteiger partial charge in [-0.3, -0.25) is 9.69 Å². The number of amides is 1. The number of benzene rings is 2. The van der Waals surface area contributed by atoms with Crippen LogP contribution < -0.4 is 4.74 Å². The van der Waals surface area contributed by atoms with E-state index in [2.05, 4.69) is 0 Å². The molecule has 2 aromatic carbocycles. The first-order chi connectivity index (χ1) is 10.1. The lowest BCUT2D eigenvalue weighted by molar-refractivity contribution is -0.00180. The number of carbonyl (C=O) groups excluding carboxylic acids is 1. The summed E-state index contributed by atoms with van der Waals surface area (Å²) in [5.41, 5.74) is 2.39. The number of fused-ring (bicyclic) bond motifs is 4. The molecule has 2 aliphatic rings. The summed E-state index contributed by atoms with van der Waals surface area (Å²) in [6.45, 7) is 1.98. The SMILES string of the molecule is C[C@H]1c2cc(Cl)ccc2O[C@@H]2c3ccc(Cl)cc3C(=O)N21. The summed E-state index contributed by atoms with van der Waals surface area (Å²) < 4.78 is 6.02. The molecule has 0 aliphatic carbocycles. The Bertz CT molecular complexity index is 775. The van der Waals surface area contributed by atoms with Crippen molar-refractivity contribution in [2.45, 2.75) is 19.2 Å². The van der Waals surface area contributed by atoms with E-state index < -0.39 is 6.23 Å². The Kier molecular flexibility index (Phi) is 2.72. The smallest absolute Gasteiger partial charge is 0.258 e. The van der Waals surface area contributed by atoms with Gasteiger partial charge in [0.05, 0.1) is 11.6 Å². The molecular weight excluding hydrogens is 309 g/mol. The predicted octanol–water partition coefficient (Wildman–Crippen LogP) is 4.60. The summed E-state index contributed by atoms with van der Waals surface area (Å²) in [7, 11) is 0. The highest BCUT2D eigenvalue weighted by Gasteiger charge is 2.45. The van der Waals surface area contributed by atoms with Gasteiger partial charge < -0.3 is 4.74 Å². The van der Waals surface area contributed by atoms with E-state index in [0.29, 0.717) is 15.6 Å². The normalized spacial score (nSPS) is 22.4. The van der Waals surface area contributed by atoms with Crippen molar-refractivity contribution < 1.29 is 9.53 Å². The van der Waals surface area contributed by atoms with Crippen LogP contribution in [0.1, 0.15) is 40.7 Å². The van der Waals surface area contributed by atoms with Gasteiger partial charge in [-0.05, 0) is 37.3 Å². The molecule has 0 N–H and O–H groups in total. The molecule has 0 bridgehead atoms. The van der Waals surface area contributed by atoms with Crippen molar-refractivity contribution in [2.75, 3.05) is 0 Å². The molecule has 0 unspecified atom stereocenters. The first-order valence-electron chi connectivity index (χ1n) is 6.64. The van der Waals surface area contributed by atoms with Crippen LogP contribution in [0.5, 0.6) is 5.75 Å². The maximum atomic E-state index is 12.6. The molecule has 3 nitrogen and oxygen atoms in total. The number of nitrogens with zero attached hydrogens (tertiary/aromatic N) is 1. The Morgan fingerprint density at radius 1 is 1.05 bits per heavy atom. The van der Waals surface area contributed by atoms with Crippen molar-refractivity contribution in [3.8, 4) is 5.75 Å². The van der Waals surface area contributed by atoms with E-state index in [1.165, 1.54) is 0 Å². The minimum atomic E-state index is -0.395. The van der Waals surface area contributed by atoms with Crippen molar-refractivity contribution in [3.05, 3.63) is 63.1 Å². The fourth-order valence-corrected chi connectivity index (χ4v) is 3.40. The summed E-state index contributed by atoms with van der Waals surface area (Å²) in [5.74, 6) is 0.708. The van der Waals surface area contributed by atoms with Crippen LogP contribution in [0.3, 0.4) is 0 Å². The van der Waals surface area contributed by atoms with Gasteiger partial charge in [-0.1, -0.05) is 29.3 Å². The van der Waals surface area contributed by atoms with Crippen LogP contribution in [-0.2, 0) is 0 Å². The van der Waals surface area contributed by atoms with Gasteiger partial charge in [-0.15, -0.1) is 0 Å². The standard InChI is InChI=1S/C16H11Cl2NO2/c1-8-12-6-10(18)3-5-14(12)21-16-11-4-2-9(17)7-13(11)15(20)19(8)16/h2-8,16H,1H3/t8-,16+/m0/s1. The Labute approximate surface area is 132 Å². The van der Waals surface area contributed by atoms with Crippen molar-refractivity contribution in [1.82, 2.24) is 4.90 Å². The van der Waals surface area contributed by atoms with Gasteiger partial charge in [0.1, 0.15) is 5.75 Å². The van der Waals surface area contributed by atoms with E-state index in [1.54, 1.807) is 23.1 Å². The highest BCUT2D eigenvalue weighted by Crippen LogP contribution is 2.48. The van der Waals surface area contributed by atoms with Gasteiger partial charge in [-0.25, -0.2) is 0 Å². The lowest BCUT2D eigenvalue weighted by Gasteiger charge is -2.37. The summed E-state index contributed by atoms with van der Waals surface area (Å²) >= 11 is 12.1. The highest BCUT2D eigenvalue weighted by atomic mass is 35.5. The van der Waals surface area contributed by atoms with Crippen LogP contribution in [0, 0.1) is 0 Å². The quantitative estimate of drug-likeness (QED) is 0.710. The fourth-order valence-electron chi connectivity index (χ4n) is 3.05. The minimum absolute atomic E-state index is 0.0596. The zero-order valence-corrected chi connectivity index (χ0v) is 12.7. The number of hydrogen-bond donors (Lipinski definition) is 0. The fraction of sp³-hybridized carbons (Fsp3) is 0.188. The van der Waals surface area contributed by atoms with E-state index in [0.717, 1.165) is 16.9 Å². The molecule has 0 aromatic heterocycles. The molecule has 0 fully saturated rings. The lowest BCUT2D eigenvalue weighted by atomic mass is 10.0. The number of rotatable bonds is 0. The Balaban J connectivity index is 1.88. The number of carbonyl (C=O) groups is 1. The van der Waals surface area contributed by atoms with Crippen LogP contribution in [0.25, 0.3) is 0 Å². The van der Waals surface area contributed by atoms with Crippen molar-refractivity contribution in [3.63, 3.8) is 0 Å². The second-order valence-electron chi connectivity index (χ2n) is 5.27. The Morgan fingerprint density at radius 3 is 2.57 bits per heavy atom. The third-order valence-corrected chi connectivity index (χ3v) is 4.55. The first kappa shape index (κ1) is 13.0. The Morgan fingerprint density at radius 2 is 1.76 bits per heavy atom. The van der Waals surface area contributed by atoms with Crippen LogP contribution in [0.4, 0.5) is 0 Å². The van der Waals surface area contributed by atoms with Gasteiger partial charge in [-0.2, -0.15) is 0 Å². The largest absolute Gasteiger partial charge is 0.466 e. The highest BCUT2D eigenvalue weighted by molar-refractivity contribution is 6.31. The molecule has 2 aliphatic heterocycles. The van der Waals surface area contributed by atoms with Crippen molar-refractivity contribution >= 4 is 29.1 Å². The molecule has 2 aromatic rings. The third kappa shape index (κ3) is 1.78. The molecule has 0 saturated heterocycles. The summed E-state index contributed by atoms with van der Waals surface area (Å²) in [6, 6.07) is 10.7. The number of hydrogen-bond acceptors (Lipinski definition) is 2. The topological polar surface area (TPSA) is 29.5 Å². The molecular formula is C16H11Cl2NO2. The average Bonchev–Trinajstić information content (AvgIpc) is 2.73. The second kappa shape index (κ2) is 4.39. The first-order valence-corrected chi connectivity index (χ1v) is 7.40. The molecule has 0 saturated carbocycles. The molecule has 21 heavy (non-hydrogen) atoms. The minimum Gasteiger partial charge on any atom is -0.466 e. The molecule has 5 heteroatoms. The van der Waals surface area contributed by atoms with Crippen LogP contribution in [0.15, 0.2) is 36.4 Å². The third-order valence-electron chi connectivity index (χ3n) is 4.08. The summed E-state index contributed by atoms with van der Waals surface area (Å²) in [5, 5.41) is 1.19. The van der Waals surface area contributed by atoms with Gasteiger partial charge in [0.2, 0.25) is 6.23 Å². The zero-order valence-electron chi connectivity index (χ0n) is 11.1. The average molecular weight is 320 g/mol. The van der Waals surface area contributed by atoms with Gasteiger partial charge in [0, 0.05) is 21.2 Å². The van der Waals surface area contributed by atoms with Crippen LogP contribution in [-0.4, -0.2) is 10.8 Å². The van der Waals surface area contributed by atoms with Crippen LogP contribution >= 0.6 is 23.2 Å². The van der Waals surface area contributed by atoms with E-state index >= 15 is 0 Å². The van der Waals surface area contributed by atoms with Crippen molar-refractivity contribution in [1.29, 1.82) is 0 Å². The van der Waals surface area contributed by atoms with E-state index in [1.807, 2.05) is 25.1 Å². The Hall–Kier alpha value is -1.71. The maximum Gasteiger partial charge on any atom is 0.258 e. The molecule has 2 atom stereocenters. The zero-order chi connectivity index (χ0) is 14.7. The van der Waals surface area contributed by atoms with E-state index in [9.17, 15) is 4.79 Å². The molecule has 0 spiro atoms. The molecule has 0 radical (unpaired) electrons. The van der Waals surface area contributed by atoms with Crippen LogP contribution in [0.2, 0.25) is 10.0 Å². The monoisotopic (exact) mass is 319 g/mol. The van der Waals surface area contributed by atoms with Gasteiger partial charge in [0.25, 0.3) is 5.91 Å². The predicted molar refractivity (Wildman–Crippen MR) is 80.9 cm³/mol. The molecule has 2 heterocycles. The van der Waals surface area contributed by atoms with Gasteiger partial charge >= 0.3 is 0 Å². The maximum absolute atomic E-state index is 12.6. The summed E-state index contributed by atoms with van der Waals surface area (Å²) in [6.07, 6.45) is -0.395.